The summed E-state index contributed by atoms with van der Waals surface area (Å²) >= 11 is 3.49. The Hall–Kier alpha value is -2.20. The van der Waals surface area contributed by atoms with Gasteiger partial charge in [0.1, 0.15) is 5.82 Å². The number of benzene rings is 2. The minimum atomic E-state index is 0.444. The molecule has 0 spiro atoms. The summed E-state index contributed by atoms with van der Waals surface area (Å²) < 4.78 is 0.726. The minimum absolute atomic E-state index is 0.444. The van der Waals surface area contributed by atoms with Crippen LogP contribution >= 0.6 is 15.9 Å². The van der Waals surface area contributed by atoms with Crippen LogP contribution in [0.5, 0.6) is 0 Å². The Balaban J connectivity index is 2.16. The highest BCUT2D eigenvalue weighted by Gasteiger charge is 2.12. The molecule has 0 atom stereocenters. The fourth-order valence-corrected chi connectivity index (χ4v) is 2.49. The zero-order valence-corrected chi connectivity index (χ0v) is 13.1. The molecule has 0 aliphatic carbocycles. The Bertz CT molecular complexity index is 768. The summed E-state index contributed by atoms with van der Waals surface area (Å²) in [5, 5.41) is 0. The van der Waals surface area contributed by atoms with Crippen molar-refractivity contribution in [1.82, 2.24) is 9.97 Å². The first kappa shape index (κ1) is 13.8. The number of aryl methyl sites for hydroxylation is 1. The molecule has 0 aliphatic rings. The molecular weight excluding hydrogens is 326 g/mol. The van der Waals surface area contributed by atoms with Gasteiger partial charge in [0, 0.05) is 11.1 Å². The zero-order chi connectivity index (χ0) is 14.8. The topological polar surface area (TPSA) is 51.8 Å². The van der Waals surface area contributed by atoms with Crippen molar-refractivity contribution in [3.05, 3.63) is 64.6 Å². The van der Waals surface area contributed by atoms with Crippen LogP contribution in [-0.4, -0.2) is 9.97 Å². The SMILES string of the molecule is Cc1ccc(-c2nc(N)c(Br)c(-c3ccccc3)n2)cc1. The van der Waals surface area contributed by atoms with E-state index in [1.54, 1.807) is 0 Å². The third-order valence-corrected chi connectivity index (χ3v) is 4.02. The summed E-state index contributed by atoms with van der Waals surface area (Å²) in [4.78, 5) is 9.04. The normalized spacial score (nSPS) is 10.6. The van der Waals surface area contributed by atoms with Crippen molar-refractivity contribution < 1.29 is 0 Å². The molecule has 104 valence electrons. The van der Waals surface area contributed by atoms with Gasteiger partial charge in [-0.15, -0.1) is 0 Å². The lowest BCUT2D eigenvalue weighted by atomic mass is 10.1. The summed E-state index contributed by atoms with van der Waals surface area (Å²) in [6.07, 6.45) is 0. The lowest BCUT2D eigenvalue weighted by Gasteiger charge is -2.09. The van der Waals surface area contributed by atoms with E-state index >= 15 is 0 Å². The Kier molecular flexibility index (Phi) is 3.71. The van der Waals surface area contributed by atoms with Crippen LogP contribution in [0.15, 0.2) is 59.1 Å². The summed E-state index contributed by atoms with van der Waals surface area (Å²) in [5.74, 6) is 1.08. The first-order valence-corrected chi connectivity index (χ1v) is 7.40. The minimum Gasteiger partial charge on any atom is -0.383 e. The van der Waals surface area contributed by atoms with Gasteiger partial charge in [0.05, 0.1) is 10.2 Å². The molecule has 3 rings (SSSR count). The molecule has 0 fully saturated rings. The maximum absolute atomic E-state index is 6.03. The predicted octanol–water partition coefficient (Wildman–Crippen LogP) is 4.46. The fourth-order valence-electron chi connectivity index (χ4n) is 2.08. The molecule has 1 heterocycles. The van der Waals surface area contributed by atoms with Gasteiger partial charge in [0.2, 0.25) is 0 Å². The van der Waals surface area contributed by atoms with Crippen LogP contribution in [0.2, 0.25) is 0 Å². The molecular formula is C17H14BrN3. The lowest BCUT2D eigenvalue weighted by molar-refractivity contribution is 1.17. The Morgan fingerprint density at radius 2 is 1.52 bits per heavy atom. The number of hydrogen-bond acceptors (Lipinski definition) is 3. The summed E-state index contributed by atoms with van der Waals surface area (Å²) in [6.45, 7) is 2.05. The van der Waals surface area contributed by atoms with Gasteiger partial charge in [0.15, 0.2) is 5.82 Å². The van der Waals surface area contributed by atoms with Crippen LogP contribution in [0, 0.1) is 6.92 Å². The molecule has 0 radical (unpaired) electrons. The maximum atomic E-state index is 6.03. The maximum Gasteiger partial charge on any atom is 0.162 e. The van der Waals surface area contributed by atoms with E-state index in [1.807, 2.05) is 54.6 Å². The van der Waals surface area contributed by atoms with Crippen LogP contribution in [-0.2, 0) is 0 Å². The molecule has 21 heavy (non-hydrogen) atoms. The largest absolute Gasteiger partial charge is 0.383 e. The first-order chi connectivity index (χ1) is 10.1. The van der Waals surface area contributed by atoms with Gasteiger partial charge in [-0.3, -0.25) is 0 Å². The van der Waals surface area contributed by atoms with Gasteiger partial charge >= 0.3 is 0 Å². The average molecular weight is 340 g/mol. The monoisotopic (exact) mass is 339 g/mol. The van der Waals surface area contributed by atoms with E-state index in [4.69, 9.17) is 5.73 Å². The van der Waals surface area contributed by atoms with Gasteiger partial charge < -0.3 is 5.73 Å². The molecule has 2 N–H and O–H groups in total. The highest BCUT2D eigenvalue weighted by Crippen LogP contribution is 2.32. The number of halogens is 1. The second-order valence-electron chi connectivity index (χ2n) is 4.83. The highest BCUT2D eigenvalue weighted by molar-refractivity contribution is 9.10. The average Bonchev–Trinajstić information content (AvgIpc) is 2.51. The predicted molar refractivity (Wildman–Crippen MR) is 89.8 cm³/mol. The zero-order valence-electron chi connectivity index (χ0n) is 11.5. The van der Waals surface area contributed by atoms with Gasteiger partial charge in [-0.2, -0.15) is 0 Å². The first-order valence-electron chi connectivity index (χ1n) is 6.60. The summed E-state index contributed by atoms with van der Waals surface area (Å²) in [7, 11) is 0. The van der Waals surface area contributed by atoms with E-state index in [2.05, 4.69) is 32.8 Å². The van der Waals surface area contributed by atoms with Crippen molar-refractivity contribution in [1.29, 1.82) is 0 Å². The molecule has 0 unspecified atom stereocenters. The van der Waals surface area contributed by atoms with Gasteiger partial charge in [0.25, 0.3) is 0 Å². The van der Waals surface area contributed by atoms with E-state index in [-0.39, 0.29) is 0 Å². The lowest BCUT2D eigenvalue weighted by Crippen LogP contribution is -2.00. The standard InChI is InChI=1S/C17H14BrN3/c1-11-7-9-13(10-8-11)17-20-15(14(18)16(19)21-17)12-5-3-2-4-6-12/h2-10H,1H3,(H2,19,20,21). The van der Waals surface area contributed by atoms with Gasteiger partial charge in [-0.25, -0.2) is 9.97 Å². The second-order valence-corrected chi connectivity index (χ2v) is 5.62. The molecule has 1 aromatic heterocycles. The molecule has 3 aromatic rings. The number of rotatable bonds is 2. The molecule has 0 saturated carbocycles. The highest BCUT2D eigenvalue weighted by atomic mass is 79.9. The molecule has 2 aromatic carbocycles. The number of nitrogen functional groups attached to an aromatic ring is 1. The third kappa shape index (κ3) is 2.81. The molecule has 0 bridgehead atoms. The molecule has 3 nitrogen and oxygen atoms in total. The van der Waals surface area contributed by atoms with Crippen LogP contribution in [0.25, 0.3) is 22.6 Å². The van der Waals surface area contributed by atoms with Crippen molar-refractivity contribution in [2.75, 3.05) is 5.73 Å². The smallest absolute Gasteiger partial charge is 0.162 e. The van der Waals surface area contributed by atoms with Crippen molar-refractivity contribution in [3.63, 3.8) is 0 Å². The van der Waals surface area contributed by atoms with Crippen LogP contribution in [0.4, 0.5) is 5.82 Å². The number of nitrogens with two attached hydrogens (primary N) is 1. The Morgan fingerprint density at radius 3 is 2.19 bits per heavy atom. The fraction of sp³-hybridized carbons (Fsp3) is 0.0588. The Morgan fingerprint density at radius 1 is 0.857 bits per heavy atom. The number of aromatic nitrogens is 2. The van der Waals surface area contributed by atoms with Crippen LogP contribution < -0.4 is 5.73 Å². The molecule has 0 amide bonds. The Labute approximate surface area is 132 Å². The number of hydrogen-bond donors (Lipinski definition) is 1. The van der Waals surface area contributed by atoms with Gasteiger partial charge in [-0.1, -0.05) is 60.2 Å². The molecule has 0 aliphatic heterocycles. The molecule has 0 saturated heterocycles. The van der Waals surface area contributed by atoms with E-state index in [0.29, 0.717) is 11.6 Å². The quantitative estimate of drug-likeness (QED) is 0.749. The van der Waals surface area contributed by atoms with Crippen LogP contribution in [0.3, 0.4) is 0 Å². The van der Waals surface area contributed by atoms with E-state index < -0.39 is 0 Å². The van der Waals surface area contributed by atoms with Crippen molar-refractivity contribution in [3.8, 4) is 22.6 Å². The van der Waals surface area contributed by atoms with Crippen molar-refractivity contribution in [2.45, 2.75) is 6.92 Å². The van der Waals surface area contributed by atoms with Crippen LogP contribution in [0.1, 0.15) is 5.56 Å². The van der Waals surface area contributed by atoms with Crippen molar-refractivity contribution in [2.24, 2.45) is 0 Å². The summed E-state index contributed by atoms with van der Waals surface area (Å²) in [5.41, 5.74) is 10.00. The molecule has 4 heteroatoms. The van der Waals surface area contributed by atoms with Crippen molar-refractivity contribution >= 4 is 21.7 Å². The number of nitrogens with zero attached hydrogens (tertiary/aromatic N) is 2. The van der Waals surface area contributed by atoms with Gasteiger partial charge in [-0.05, 0) is 22.9 Å². The summed E-state index contributed by atoms with van der Waals surface area (Å²) in [6, 6.07) is 18.0. The van der Waals surface area contributed by atoms with E-state index in [1.165, 1.54) is 5.56 Å². The third-order valence-electron chi connectivity index (χ3n) is 3.23. The second kappa shape index (κ2) is 5.66. The van der Waals surface area contributed by atoms with E-state index in [0.717, 1.165) is 21.3 Å². The van der Waals surface area contributed by atoms with E-state index in [9.17, 15) is 0 Å². The number of anilines is 1.